The molecule has 1 aromatic heterocycles. The van der Waals surface area contributed by atoms with Crippen molar-refractivity contribution in [1.82, 2.24) is 9.55 Å². The van der Waals surface area contributed by atoms with Gasteiger partial charge < -0.3 is 10.6 Å². The van der Waals surface area contributed by atoms with E-state index >= 15 is 0 Å². The Morgan fingerprint density at radius 1 is 1.15 bits per heavy atom. The van der Waals surface area contributed by atoms with Crippen LogP contribution < -0.4 is 16.2 Å². The van der Waals surface area contributed by atoms with Crippen LogP contribution in [0.5, 0.6) is 0 Å². The van der Waals surface area contributed by atoms with E-state index in [4.69, 9.17) is 11.6 Å². The summed E-state index contributed by atoms with van der Waals surface area (Å²) in [6, 6.07) is 11.7. The molecule has 2 aromatic carbocycles. The van der Waals surface area contributed by atoms with Gasteiger partial charge in [-0.25, -0.2) is 4.98 Å². The molecule has 7 nitrogen and oxygen atoms in total. The number of amides is 2. The number of carbonyl (C=O) groups is 2. The summed E-state index contributed by atoms with van der Waals surface area (Å²) in [7, 11) is 0. The molecular formula is C19H17ClN4O3. The summed E-state index contributed by atoms with van der Waals surface area (Å²) in [6.45, 7) is 2.85. The largest absolute Gasteiger partial charge is 0.326 e. The summed E-state index contributed by atoms with van der Waals surface area (Å²) in [5.41, 5.74) is 1.14. The molecule has 2 N–H and O–H groups in total. The smallest absolute Gasteiger partial charge is 0.261 e. The molecule has 0 atom stereocenters. The van der Waals surface area contributed by atoms with Crippen molar-refractivity contribution in [3.05, 3.63) is 63.7 Å². The van der Waals surface area contributed by atoms with Crippen LogP contribution in [-0.4, -0.2) is 21.4 Å². The third kappa shape index (κ3) is 4.15. The number of nitrogens with one attached hydrogen (secondary N) is 2. The number of halogens is 1. The van der Waals surface area contributed by atoms with E-state index in [1.54, 1.807) is 49.4 Å². The maximum absolute atomic E-state index is 12.6. The average molecular weight is 385 g/mol. The van der Waals surface area contributed by atoms with Gasteiger partial charge in [0.15, 0.2) is 0 Å². The first-order chi connectivity index (χ1) is 12.8. The first kappa shape index (κ1) is 18.6. The van der Waals surface area contributed by atoms with Crippen molar-refractivity contribution in [2.45, 2.75) is 20.4 Å². The Hall–Kier alpha value is -3.19. The number of anilines is 2. The van der Waals surface area contributed by atoms with Crippen LogP contribution in [0.3, 0.4) is 0 Å². The minimum Gasteiger partial charge on any atom is -0.326 e. The molecule has 0 fully saturated rings. The molecular weight excluding hydrogens is 368 g/mol. The molecule has 138 valence electrons. The fourth-order valence-electron chi connectivity index (χ4n) is 2.70. The van der Waals surface area contributed by atoms with E-state index in [1.165, 1.54) is 11.5 Å². The lowest BCUT2D eigenvalue weighted by Crippen LogP contribution is -2.30. The van der Waals surface area contributed by atoms with Crippen molar-refractivity contribution in [1.29, 1.82) is 0 Å². The number of benzene rings is 2. The number of rotatable bonds is 4. The summed E-state index contributed by atoms with van der Waals surface area (Å²) in [5, 5.41) is 6.05. The monoisotopic (exact) mass is 384 g/mol. The quantitative estimate of drug-likeness (QED) is 0.723. The van der Waals surface area contributed by atoms with E-state index in [9.17, 15) is 14.4 Å². The van der Waals surface area contributed by atoms with E-state index in [1.807, 2.05) is 0 Å². The normalized spacial score (nSPS) is 10.6. The fourth-order valence-corrected chi connectivity index (χ4v) is 2.87. The summed E-state index contributed by atoms with van der Waals surface area (Å²) < 4.78 is 1.31. The summed E-state index contributed by atoms with van der Waals surface area (Å²) in [5.74, 6) is -0.231. The van der Waals surface area contributed by atoms with Crippen LogP contribution in [0, 0.1) is 6.92 Å². The SMILES string of the molecule is CC(=O)Nc1ccc(Cl)c(NC(=O)Cn2c(C)nc3ccccc3c2=O)c1. The van der Waals surface area contributed by atoms with Crippen LogP contribution in [0.15, 0.2) is 47.3 Å². The number of fused-ring (bicyclic) bond motifs is 1. The Labute approximate surface area is 160 Å². The predicted octanol–water partition coefficient (Wildman–Crippen LogP) is 2.96. The highest BCUT2D eigenvalue weighted by Crippen LogP contribution is 2.25. The zero-order valence-electron chi connectivity index (χ0n) is 14.7. The fraction of sp³-hybridized carbons (Fsp3) is 0.158. The minimum absolute atomic E-state index is 0.205. The van der Waals surface area contributed by atoms with E-state index < -0.39 is 5.91 Å². The van der Waals surface area contributed by atoms with Gasteiger partial charge in [-0.2, -0.15) is 0 Å². The lowest BCUT2D eigenvalue weighted by atomic mass is 10.2. The first-order valence-corrected chi connectivity index (χ1v) is 8.56. The standard InChI is InChI=1S/C19H17ClN4O3/c1-11-21-16-6-4-3-5-14(16)19(27)24(11)10-18(26)23-17-9-13(22-12(2)25)7-8-15(17)20/h3-9H,10H2,1-2H3,(H,22,25)(H,23,26). The first-order valence-electron chi connectivity index (χ1n) is 8.18. The highest BCUT2D eigenvalue weighted by molar-refractivity contribution is 6.33. The van der Waals surface area contributed by atoms with Gasteiger partial charge in [0.25, 0.3) is 5.56 Å². The second-order valence-corrected chi connectivity index (χ2v) is 6.40. The minimum atomic E-state index is -0.431. The molecule has 3 aromatic rings. The van der Waals surface area contributed by atoms with Crippen LogP contribution >= 0.6 is 11.6 Å². The maximum atomic E-state index is 12.6. The molecule has 0 saturated heterocycles. The zero-order chi connectivity index (χ0) is 19.6. The van der Waals surface area contributed by atoms with Gasteiger partial charge in [0.1, 0.15) is 12.4 Å². The molecule has 0 spiro atoms. The summed E-state index contributed by atoms with van der Waals surface area (Å²) in [6.07, 6.45) is 0. The lowest BCUT2D eigenvalue weighted by Gasteiger charge is -2.13. The highest BCUT2D eigenvalue weighted by Gasteiger charge is 2.13. The van der Waals surface area contributed by atoms with E-state index in [0.29, 0.717) is 33.1 Å². The number of aromatic nitrogens is 2. The van der Waals surface area contributed by atoms with Crippen LogP contribution in [-0.2, 0) is 16.1 Å². The van der Waals surface area contributed by atoms with Crippen molar-refractivity contribution in [3.63, 3.8) is 0 Å². The Morgan fingerprint density at radius 2 is 1.89 bits per heavy atom. The molecule has 0 unspecified atom stereocenters. The van der Waals surface area contributed by atoms with Crippen LogP contribution in [0.25, 0.3) is 10.9 Å². The van der Waals surface area contributed by atoms with Gasteiger partial charge in [-0.15, -0.1) is 0 Å². The lowest BCUT2D eigenvalue weighted by molar-refractivity contribution is -0.117. The molecule has 8 heteroatoms. The van der Waals surface area contributed by atoms with Gasteiger partial charge in [0, 0.05) is 12.6 Å². The van der Waals surface area contributed by atoms with Gasteiger partial charge in [0.2, 0.25) is 11.8 Å². The second-order valence-electron chi connectivity index (χ2n) is 5.99. The average Bonchev–Trinajstić information content (AvgIpc) is 2.61. The second kappa shape index (κ2) is 7.59. The van der Waals surface area contributed by atoms with Crippen LogP contribution in [0.2, 0.25) is 5.02 Å². The van der Waals surface area contributed by atoms with Crippen LogP contribution in [0.1, 0.15) is 12.7 Å². The number of nitrogens with zero attached hydrogens (tertiary/aromatic N) is 2. The van der Waals surface area contributed by atoms with Gasteiger partial charge in [-0.05, 0) is 37.3 Å². The molecule has 3 rings (SSSR count). The predicted molar refractivity (Wildman–Crippen MR) is 105 cm³/mol. The molecule has 0 aliphatic rings. The number of hydrogen-bond acceptors (Lipinski definition) is 4. The number of aryl methyl sites for hydroxylation is 1. The maximum Gasteiger partial charge on any atom is 0.261 e. The van der Waals surface area contributed by atoms with Gasteiger partial charge in [-0.1, -0.05) is 23.7 Å². The molecule has 2 amide bonds. The third-order valence-electron chi connectivity index (χ3n) is 3.92. The van der Waals surface area contributed by atoms with Crippen LogP contribution in [0.4, 0.5) is 11.4 Å². The number of para-hydroxylation sites is 1. The van der Waals surface area contributed by atoms with Crippen molar-refractivity contribution < 1.29 is 9.59 Å². The molecule has 0 aliphatic carbocycles. The Kier molecular flexibility index (Phi) is 5.23. The van der Waals surface area contributed by atoms with Gasteiger partial charge in [0.05, 0.1) is 21.6 Å². The summed E-state index contributed by atoms with van der Waals surface area (Å²) in [4.78, 5) is 40.7. The zero-order valence-corrected chi connectivity index (χ0v) is 15.5. The third-order valence-corrected chi connectivity index (χ3v) is 4.24. The van der Waals surface area contributed by atoms with Crippen molar-refractivity contribution in [2.24, 2.45) is 0 Å². The Balaban J connectivity index is 1.86. The number of carbonyl (C=O) groups excluding carboxylic acids is 2. The molecule has 0 bridgehead atoms. The number of hydrogen-bond donors (Lipinski definition) is 2. The van der Waals surface area contributed by atoms with Crippen molar-refractivity contribution in [2.75, 3.05) is 10.6 Å². The molecule has 0 saturated carbocycles. The van der Waals surface area contributed by atoms with Gasteiger partial charge in [-0.3, -0.25) is 19.0 Å². The van der Waals surface area contributed by atoms with Gasteiger partial charge >= 0.3 is 0 Å². The highest BCUT2D eigenvalue weighted by atomic mass is 35.5. The topological polar surface area (TPSA) is 93.1 Å². The Morgan fingerprint density at radius 3 is 2.63 bits per heavy atom. The van der Waals surface area contributed by atoms with E-state index in [-0.39, 0.29) is 18.0 Å². The molecule has 1 heterocycles. The van der Waals surface area contributed by atoms with E-state index in [0.717, 1.165) is 0 Å². The van der Waals surface area contributed by atoms with Crippen molar-refractivity contribution >= 4 is 45.7 Å². The van der Waals surface area contributed by atoms with Crippen molar-refractivity contribution in [3.8, 4) is 0 Å². The van der Waals surface area contributed by atoms with E-state index in [2.05, 4.69) is 15.6 Å². The molecule has 0 radical (unpaired) electrons. The molecule has 27 heavy (non-hydrogen) atoms. The summed E-state index contributed by atoms with van der Waals surface area (Å²) >= 11 is 6.11. The Bertz CT molecular complexity index is 1110. The molecule has 0 aliphatic heterocycles.